The summed E-state index contributed by atoms with van der Waals surface area (Å²) < 4.78 is 0. The predicted molar refractivity (Wildman–Crippen MR) is 68.1 cm³/mol. The van der Waals surface area contributed by atoms with Gasteiger partial charge in [-0.2, -0.15) is 0 Å². The van der Waals surface area contributed by atoms with E-state index in [2.05, 4.69) is 10.6 Å². The van der Waals surface area contributed by atoms with Crippen molar-refractivity contribution in [2.45, 2.75) is 13.3 Å². The van der Waals surface area contributed by atoms with Crippen LogP contribution in [0.15, 0.2) is 18.2 Å². The third-order valence-corrected chi connectivity index (χ3v) is 2.26. The minimum Gasteiger partial charge on any atom is -0.330 e. The normalized spacial score (nSPS) is 9.82. The molecule has 0 unspecified atom stereocenters. The van der Waals surface area contributed by atoms with Gasteiger partial charge in [-0.1, -0.05) is 11.6 Å². The van der Waals surface area contributed by atoms with Crippen molar-refractivity contribution < 1.29 is 9.59 Å². The Morgan fingerprint density at radius 3 is 2.65 bits per heavy atom. The van der Waals surface area contributed by atoms with E-state index in [4.69, 9.17) is 17.3 Å². The molecular formula is C11H14ClN3O2. The minimum absolute atomic E-state index is 0.188. The molecule has 1 aromatic carbocycles. The van der Waals surface area contributed by atoms with Gasteiger partial charge in [0.05, 0.1) is 10.7 Å². The summed E-state index contributed by atoms with van der Waals surface area (Å²) in [6.45, 7) is 1.68. The molecule has 0 aliphatic carbocycles. The molecule has 0 radical (unpaired) electrons. The number of hydrogen-bond donors (Lipinski definition) is 3. The third-order valence-electron chi connectivity index (χ3n) is 1.93. The van der Waals surface area contributed by atoms with E-state index in [0.717, 1.165) is 0 Å². The van der Waals surface area contributed by atoms with Crippen molar-refractivity contribution in [1.29, 1.82) is 0 Å². The molecule has 0 saturated carbocycles. The number of halogens is 1. The molecule has 5 nitrogen and oxygen atoms in total. The van der Waals surface area contributed by atoms with Crippen LogP contribution in [0.25, 0.3) is 0 Å². The van der Waals surface area contributed by atoms with Crippen LogP contribution in [0.5, 0.6) is 0 Å². The van der Waals surface area contributed by atoms with Crippen LogP contribution in [-0.2, 0) is 9.59 Å². The minimum atomic E-state index is -0.214. The van der Waals surface area contributed by atoms with Crippen molar-refractivity contribution in [2.75, 3.05) is 17.2 Å². The van der Waals surface area contributed by atoms with E-state index in [1.54, 1.807) is 18.2 Å². The number of rotatable bonds is 4. The van der Waals surface area contributed by atoms with Crippen LogP contribution < -0.4 is 16.4 Å². The zero-order chi connectivity index (χ0) is 12.8. The summed E-state index contributed by atoms with van der Waals surface area (Å²) in [5.41, 5.74) is 6.30. The molecule has 0 aliphatic heterocycles. The molecule has 0 aromatic heterocycles. The molecule has 92 valence electrons. The zero-order valence-corrected chi connectivity index (χ0v) is 10.2. The second-order valence-corrected chi connectivity index (χ2v) is 3.87. The highest BCUT2D eigenvalue weighted by atomic mass is 35.5. The first kappa shape index (κ1) is 13.5. The van der Waals surface area contributed by atoms with E-state index in [9.17, 15) is 9.59 Å². The van der Waals surface area contributed by atoms with Crippen molar-refractivity contribution in [3.63, 3.8) is 0 Å². The van der Waals surface area contributed by atoms with Crippen LogP contribution in [0, 0.1) is 0 Å². The van der Waals surface area contributed by atoms with Gasteiger partial charge in [0.2, 0.25) is 11.8 Å². The molecule has 2 amide bonds. The molecule has 0 aliphatic rings. The lowest BCUT2D eigenvalue weighted by Gasteiger charge is -2.09. The van der Waals surface area contributed by atoms with E-state index in [1.807, 2.05) is 0 Å². The molecule has 0 atom stereocenters. The summed E-state index contributed by atoms with van der Waals surface area (Å²) in [5, 5.41) is 5.63. The monoisotopic (exact) mass is 255 g/mol. The van der Waals surface area contributed by atoms with Crippen LogP contribution in [0.3, 0.4) is 0 Å². The van der Waals surface area contributed by atoms with E-state index in [1.165, 1.54) is 6.92 Å². The lowest BCUT2D eigenvalue weighted by molar-refractivity contribution is -0.116. The fourth-order valence-corrected chi connectivity index (χ4v) is 1.41. The third kappa shape index (κ3) is 4.42. The topological polar surface area (TPSA) is 84.2 Å². The van der Waals surface area contributed by atoms with E-state index < -0.39 is 0 Å². The van der Waals surface area contributed by atoms with Gasteiger partial charge in [-0.05, 0) is 18.2 Å². The lowest BCUT2D eigenvalue weighted by Crippen LogP contribution is -2.16. The molecule has 4 N–H and O–H groups in total. The summed E-state index contributed by atoms with van der Waals surface area (Å²) in [4.78, 5) is 22.2. The molecule has 0 heterocycles. The van der Waals surface area contributed by atoms with E-state index in [0.29, 0.717) is 16.4 Å². The molecular weight excluding hydrogens is 242 g/mol. The highest BCUT2D eigenvalue weighted by molar-refractivity contribution is 6.33. The van der Waals surface area contributed by atoms with Gasteiger partial charge in [0, 0.05) is 25.6 Å². The van der Waals surface area contributed by atoms with Crippen LogP contribution in [0.2, 0.25) is 5.02 Å². The average molecular weight is 256 g/mol. The summed E-state index contributed by atoms with van der Waals surface area (Å²) in [6.07, 6.45) is 0.223. The molecule has 17 heavy (non-hydrogen) atoms. The van der Waals surface area contributed by atoms with Crippen molar-refractivity contribution in [3.05, 3.63) is 23.2 Å². The zero-order valence-electron chi connectivity index (χ0n) is 9.42. The molecule has 0 saturated heterocycles. The Morgan fingerprint density at radius 2 is 2.06 bits per heavy atom. The van der Waals surface area contributed by atoms with Crippen LogP contribution in [-0.4, -0.2) is 18.4 Å². The molecule has 1 aromatic rings. The van der Waals surface area contributed by atoms with Gasteiger partial charge in [-0.15, -0.1) is 0 Å². The molecule has 0 fully saturated rings. The maximum Gasteiger partial charge on any atom is 0.225 e. The van der Waals surface area contributed by atoms with E-state index >= 15 is 0 Å². The first-order valence-corrected chi connectivity index (χ1v) is 5.48. The first-order chi connectivity index (χ1) is 8.02. The van der Waals surface area contributed by atoms with Crippen molar-refractivity contribution >= 4 is 34.8 Å². The maximum absolute atomic E-state index is 11.4. The van der Waals surface area contributed by atoms with Gasteiger partial charge >= 0.3 is 0 Å². The summed E-state index contributed by atoms with van der Waals surface area (Å²) in [5.74, 6) is -0.402. The highest BCUT2D eigenvalue weighted by Crippen LogP contribution is 2.25. The molecule has 6 heteroatoms. The Kier molecular flexibility index (Phi) is 4.93. The maximum atomic E-state index is 11.4. The second-order valence-electron chi connectivity index (χ2n) is 3.46. The number of hydrogen-bond acceptors (Lipinski definition) is 3. The number of nitrogens with two attached hydrogens (primary N) is 1. The average Bonchev–Trinajstić information content (AvgIpc) is 2.22. The Bertz CT molecular complexity index is 435. The van der Waals surface area contributed by atoms with Crippen molar-refractivity contribution in [3.8, 4) is 0 Å². The Balaban J connectivity index is 2.83. The summed E-state index contributed by atoms with van der Waals surface area (Å²) in [6, 6.07) is 4.85. The predicted octanol–water partition coefficient (Wildman–Crippen LogP) is 1.59. The van der Waals surface area contributed by atoms with Gasteiger partial charge in [-0.3, -0.25) is 9.59 Å². The first-order valence-electron chi connectivity index (χ1n) is 5.10. The van der Waals surface area contributed by atoms with Gasteiger partial charge in [0.15, 0.2) is 0 Å². The van der Waals surface area contributed by atoms with Crippen molar-refractivity contribution in [1.82, 2.24) is 0 Å². The molecule has 0 bridgehead atoms. The van der Waals surface area contributed by atoms with Crippen LogP contribution in [0.4, 0.5) is 11.4 Å². The fourth-order valence-electron chi connectivity index (χ4n) is 1.25. The molecule has 1 rings (SSSR count). The van der Waals surface area contributed by atoms with Crippen LogP contribution in [0.1, 0.15) is 13.3 Å². The number of benzene rings is 1. The number of carbonyl (C=O) groups excluding carboxylic acids is 2. The van der Waals surface area contributed by atoms with Crippen LogP contribution >= 0.6 is 11.6 Å². The fraction of sp³-hybridized carbons (Fsp3) is 0.273. The molecule has 0 spiro atoms. The lowest BCUT2D eigenvalue weighted by atomic mass is 10.2. The highest BCUT2D eigenvalue weighted by Gasteiger charge is 2.06. The largest absolute Gasteiger partial charge is 0.330 e. The quantitative estimate of drug-likeness (QED) is 0.764. The number of amides is 2. The Hall–Kier alpha value is -1.59. The Labute approximate surface area is 104 Å². The van der Waals surface area contributed by atoms with Crippen molar-refractivity contribution in [2.24, 2.45) is 5.73 Å². The van der Waals surface area contributed by atoms with Gasteiger partial charge in [-0.25, -0.2) is 0 Å². The number of nitrogens with one attached hydrogen (secondary N) is 2. The van der Waals surface area contributed by atoms with Gasteiger partial charge in [0.1, 0.15) is 0 Å². The summed E-state index contributed by atoms with van der Waals surface area (Å²) >= 11 is 5.92. The summed E-state index contributed by atoms with van der Waals surface area (Å²) in [7, 11) is 0. The second kappa shape index (κ2) is 6.22. The standard InChI is InChI=1S/C11H14ClN3O2/c1-7(16)14-8-2-3-9(12)10(6-8)15-11(17)4-5-13/h2-3,6H,4-5,13H2,1H3,(H,14,16)(H,15,17). The van der Waals surface area contributed by atoms with Gasteiger partial charge < -0.3 is 16.4 Å². The Morgan fingerprint density at radius 1 is 1.35 bits per heavy atom. The van der Waals surface area contributed by atoms with Gasteiger partial charge in [0.25, 0.3) is 0 Å². The number of carbonyl (C=O) groups is 2. The van der Waals surface area contributed by atoms with E-state index in [-0.39, 0.29) is 24.8 Å². The smallest absolute Gasteiger partial charge is 0.225 e. The number of anilines is 2. The SMILES string of the molecule is CC(=O)Nc1ccc(Cl)c(NC(=O)CCN)c1.